The van der Waals surface area contributed by atoms with Gasteiger partial charge in [0.25, 0.3) is 5.91 Å². The fraction of sp³-hybridized carbons (Fsp3) is 0.0909. The quantitative estimate of drug-likeness (QED) is 0.857. The zero-order valence-electron chi connectivity index (χ0n) is 8.01. The molecule has 0 fully saturated rings. The second-order valence-corrected chi connectivity index (χ2v) is 3.76. The van der Waals surface area contributed by atoms with Crippen molar-refractivity contribution in [3.63, 3.8) is 0 Å². The van der Waals surface area contributed by atoms with E-state index in [0.29, 0.717) is 12.2 Å². The Bertz CT molecular complexity index is 425. The maximum absolute atomic E-state index is 11.5. The third kappa shape index (κ3) is 2.63. The van der Waals surface area contributed by atoms with E-state index in [-0.39, 0.29) is 5.91 Å². The molecule has 0 saturated heterocycles. The average Bonchev–Trinajstić information content (AvgIpc) is 2.81. The summed E-state index contributed by atoms with van der Waals surface area (Å²) >= 11 is 1.42. The van der Waals surface area contributed by atoms with Crippen molar-refractivity contribution in [1.82, 2.24) is 10.3 Å². The molecule has 1 N–H and O–H groups in total. The average molecular weight is 218 g/mol. The van der Waals surface area contributed by atoms with Gasteiger partial charge >= 0.3 is 0 Å². The van der Waals surface area contributed by atoms with Crippen molar-refractivity contribution in [2.45, 2.75) is 6.54 Å². The Morgan fingerprint density at radius 3 is 2.80 bits per heavy atom. The van der Waals surface area contributed by atoms with Crippen LogP contribution in [0.3, 0.4) is 0 Å². The van der Waals surface area contributed by atoms with E-state index < -0.39 is 0 Å². The maximum atomic E-state index is 11.5. The lowest BCUT2D eigenvalue weighted by atomic mass is 10.2. The Labute approximate surface area is 91.8 Å². The van der Waals surface area contributed by atoms with Gasteiger partial charge in [-0.15, -0.1) is 11.3 Å². The van der Waals surface area contributed by atoms with Gasteiger partial charge in [0.05, 0.1) is 5.51 Å². The fourth-order valence-corrected chi connectivity index (χ4v) is 1.73. The molecule has 0 bridgehead atoms. The Morgan fingerprint density at radius 1 is 1.33 bits per heavy atom. The van der Waals surface area contributed by atoms with Gasteiger partial charge in [-0.25, -0.2) is 4.98 Å². The van der Waals surface area contributed by atoms with Crippen LogP contribution in [-0.4, -0.2) is 10.9 Å². The topological polar surface area (TPSA) is 42.0 Å². The van der Waals surface area contributed by atoms with Crippen LogP contribution in [0.5, 0.6) is 0 Å². The molecule has 0 unspecified atom stereocenters. The Morgan fingerprint density at radius 2 is 2.13 bits per heavy atom. The van der Waals surface area contributed by atoms with Crippen molar-refractivity contribution in [3.8, 4) is 0 Å². The Balaban J connectivity index is 1.92. The summed E-state index contributed by atoms with van der Waals surface area (Å²) in [5.41, 5.74) is 3.22. The zero-order valence-corrected chi connectivity index (χ0v) is 8.83. The van der Waals surface area contributed by atoms with Crippen LogP contribution in [-0.2, 0) is 6.54 Å². The van der Waals surface area contributed by atoms with Gasteiger partial charge in [0.15, 0.2) is 0 Å². The van der Waals surface area contributed by atoms with Gasteiger partial charge in [0.2, 0.25) is 0 Å². The molecule has 0 aliphatic heterocycles. The van der Waals surface area contributed by atoms with Crippen molar-refractivity contribution in [2.24, 2.45) is 0 Å². The van der Waals surface area contributed by atoms with E-state index >= 15 is 0 Å². The summed E-state index contributed by atoms with van der Waals surface area (Å²) in [6, 6.07) is 9.79. The number of thiazole rings is 1. The second-order valence-electron chi connectivity index (χ2n) is 3.04. The predicted molar refractivity (Wildman–Crippen MR) is 59.7 cm³/mol. The summed E-state index contributed by atoms with van der Waals surface area (Å²) in [7, 11) is 0. The lowest BCUT2D eigenvalue weighted by Crippen LogP contribution is -2.22. The van der Waals surface area contributed by atoms with E-state index in [1.54, 1.807) is 10.9 Å². The summed E-state index contributed by atoms with van der Waals surface area (Å²) in [5.74, 6) is -0.125. The molecule has 0 aliphatic carbocycles. The molecule has 0 saturated carbocycles. The molecule has 1 heterocycles. The number of amides is 1. The first-order chi connectivity index (χ1) is 7.36. The van der Waals surface area contributed by atoms with E-state index in [9.17, 15) is 4.79 Å². The number of rotatable bonds is 3. The molecule has 2 aromatic rings. The molecule has 1 aromatic heterocycles. The highest BCUT2D eigenvalue weighted by molar-refractivity contribution is 7.07. The number of hydrogen-bond acceptors (Lipinski definition) is 3. The number of aromatic nitrogens is 1. The molecule has 4 heteroatoms. The van der Waals surface area contributed by atoms with Crippen LogP contribution in [0.4, 0.5) is 0 Å². The molecule has 15 heavy (non-hydrogen) atoms. The van der Waals surface area contributed by atoms with E-state index in [2.05, 4.69) is 10.3 Å². The lowest BCUT2D eigenvalue weighted by Gasteiger charge is -2.02. The minimum absolute atomic E-state index is 0.125. The van der Waals surface area contributed by atoms with Crippen molar-refractivity contribution < 1.29 is 4.79 Å². The molecular formula is C11H10N2OS. The van der Waals surface area contributed by atoms with Crippen molar-refractivity contribution in [3.05, 3.63) is 52.5 Å². The van der Waals surface area contributed by atoms with E-state index in [4.69, 9.17) is 0 Å². The molecule has 3 nitrogen and oxygen atoms in total. The number of nitrogens with zero attached hydrogens (tertiary/aromatic N) is 1. The van der Waals surface area contributed by atoms with Gasteiger partial charge in [-0.1, -0.05) is 30.3 Å². The molecule has 0 aliphatic rings. The summed E-state index contributed by atoms with van der Waals surface area (Å²) in [6.07, 6.45) is 0. The Hall–Kier alpha value is -1.68. The maximum Gasteiger partial charge on any atom is 0.271 e. The second kappa shape index (κ2) is 4.70. The highest BCUT2D eigenvalue weighted by Crippen LogP contribution is 2.02. The van der Waals surface area contributed by atoms with E-state index in [1.807, 2.05) is 30.3 Å². The van der Waals surface area contributed by atoms with Gasteiger partial charge in [-0.05, 0) is 5.56 Å². The highest BCUT2D eigenvalue weighted by Gasteiger charge is 2.05. The molecule has 1 amide bonds. The SMILES string of the molecule is O=C(NCc1ccccc1)c1cscn1. The van der Waals surface area contributed by atoms with Gasteiger partial charge < -0.3 is 5.32 Å². The molecule has 1 aromatic carbocycles. The fourth-order valence-electron chi connectivity index (χ4n) is 1.19. The van der Waals surface area contributed by atoms with E-state index in [1.165, 1.54) is 11.3 Å². The third-order valence-electron chi connectivity index (χ3n) is 1.96. The smallest absolute Gasteiger partial charge is 0.271 e. The van der Waals surface area contributed by atoms with Gasteiger partial charge in [0, 0.05) is 11.9 Å². The molecule has 0 radical (unpaired) electrons. The summed E-state index contributed by atoms with van der Waals surface area (Å²) in [5, 5.41) is 4.54. The first-order valence-corrected chi connectivity index (χ1v) is 5.51. The number of nitrogens with one attached hydrogen (secondary N) is 1. The number of benzene rings is 1. The Kier molecular flexibility index (Phi) is 3.09. The minimum atomic E-state index is -0.125. The van der Waals surface area contributed by atoms with Crippen molar-refractivity contribution in [1.29, 1.82) is 0 Å². The van der Waals surface area contributed by atoms with Gasteiger partial charge in [0.1, 0.15) is 5.69 Å². The lowest BCUT2D eigenvalue weighted by molar-refractivity contribution is 0.0946. The summed E-state index contributed by atoms with van der Waals surface area (Å²) in [4.78, 5) is 15.4. The number of hydrogen-bond donors (Lipinski definition) is 1. The number of carbonyl (C=O) groups is 1. The predicted octanol–water partition coefficient (Wildman–Crippen LogP) is 2.07. The van der Waals surface area contributed by atoms with Crippen molar-refractivity contribution >= 4 is 17.2 Å². The number of carbonyl (C=O) groups excluding carboxylic acids is 1. The van der Waals surface area contributed by atoms with Crippen LogP contribution in [0.15, 0.2) is 41.2 Å². The van der Waals surface area contributed by atoms with Crippen LogP contribution < -0.4 is 5.32 Å². The third-order valence-corrected chi connectivity index (χ3v) is 2.55. The van der Waals surface area contributed by atoms with Crippen LogP contribution in [0.1, 0.15) is 16.1 Å². The van der Waals surface area contributed by atoms with Crippen LogP contribution >= 0.6 is 11.3 Å². The molecular weight excluding hydrogens is 208 g/mol. The molecule has 0 spiro atoms. The van der Waals surface area contributed by atoms with Crippen LogP contribution in [0.25, 0.3) is 0 Å². The first-order valence-electron chi connectivity index (χ1n) is 4.56. The van der Waals surface area contributed by atoms with Crippen molar-refractivity contribution in [2.75, 3.05) is 0 Å². The van der Waals surface area contributed by atoms with Gasteiger partial charge in [-0.2, -0.15) is 0 Å². The zero-order chi connectivity index (χ0) is 10.5. The normalized spacial score (nSPS) is 9.87. The highest BCUT2D eigenvalue weighted by atomic mass is 32.1. The van der Waals surface area contributed by atoms with E-state index in [0.717, 1.165) is 5.56 Å². The molecule has 76 valence electrons. The van der Waals surface area contributed by atoms with Crippen LogP contribution in [0.2, 0.25) is 0 Å². The first kappa shape index (κ1) is 9.86. The summed E-state index contributed by atoms with van der Waals surface area (Å²) < 4.78 is 0. The van der Waals surface area contributed by atoms with Gasteiger partial charge in [-0.3, -0.25) is 4.79 Å². The molecule has 0 atom stereocenters. The van der Waals surface area contributed by atoms with Crippen LogP contribution in [0, 0.1) is 0 Å². The molecule has 2 rings (SSSR count). The monoisotopic (exact) mass is 218 g/mol. The standard InChI is InChI=1S/C11H10N2OS/c14-11(10-7-15-8-13-10)12-6-9-4-2-1-3-5-9/h1-5,7-8H,6H2,(H,12,14). The largest absolute Gasteiger partial charge is 0.347 e. The summed E-state index contributed by atoms with van der Waals surface area (Å²) in [6.45, 7) is 0.539. The minimum Gasteiger partial charge on any atom is -0.347 e.